The minimum atomic E-state index is -0.260. The number of aromatic nitrogens is 2. The molecule has 22 heavy (non-hydrogen) atoms. The first-order chi connectivity index (χ1) is 10.6. The number of carbonyl (C=O) groups excluding carboxylic acids is 1. The van der Waals surface area contributed by atoms with Gasteiger partial charge in [-0.1, -0.05) is 11.6 Å². The van der Waals surface area contributed by atoms with E-state index in [9.17, 15) is 4.79 Å². The number of methoxy groups -OCH3 is 1. The first kappa shape index (κ1) is 14.4. The molecule has 2 N–H and O–H groups in total. The summed E-state index contributed by atoms with van der Waals surface area (Å²) in [6.45, 7) is 1.83. The van der Waals surface area contributed by atoms with E-state index in [1.54, 1.807) is 43.5 Å². The number of rotatable bonds is 3. The molecule has 0 aliphatic heterocycles. The van der Waals surface area contributed by atoms with Crippen LogP contribution in [-0.4, -0.2) is 23.0 Å². The smallest absolute Gasteiger partial charge is 0.257 e. The Kier molecular flexibility index (Phi) is 3.73. The number of nitrogens with one attached hydrogen (secondary N) is 2. The molecule has 3 aromatic rings. The maximum Gasteiger partial charge on any atom is 0.257 e. The second kappa shape index (κ2) is 5.69. The predicted octanol–water partition coefficient (Wildman–Crippen LogP) is 3.79. The Balaban J connectivity index is 1.94. The van der Waals surface area contributed by atoms with Crippen molar-refractivity contribution in [3.63, 3.8) is 0 Å². The number of amides is 1. The first-order valence-corrected chi connectivity index (χ1v) is 7.06. The molecule has 6 heteroatoms. The van der Waals surface area contributed by atoms with Crippen LogP contribution in [0, 0.1) is 6.92 Å². The molecule has 0 radical (unpaired) electrons. The first-order valence-electron chi connectivity index (χ1n) is 6.68. The highest BCUT2D eigenvalue weighted by Crippen LogP contribution is 2.24. The van der Waals surface area contributed by atoms with Crippen LogP contribution in [0.5, 0.6) is 5.75 Å². The van der Waals surface area contributed by atoms with Gasteiger partial charge in [0.05, 0.1) is 18.2 Å². The lowest BCUT2D eigenvalue weighted by Gasteiger charge is -2.07. The van der Waals surface area contributed by atoms with E-state index in [4.69, 9.17) is 16.3 Å². The number of fused-ring (bicyclic) bond motifs is 1. The molecule has 0 saturated heterocycles. The zero-order chi connectivity index (χ0) is 15.7. The zero-order valence-electron chi connectivity index (χ0n) is 12.1. The fraction of sp³-hybridized carbons (Fsp3) is 0.125. The minimum Gasteiger partial charge on any atom is -0.497 e. The van der Waals surface area contributed by atoms with Crippen LogP contribution in [0.4, 0.5) is 5.69 Å². The van der Waals surface area contributed by atoms with Crippen LogP contribution in [-0.2, 0) is 0 Å². The Morgan fingerprint density at radius 2 is 2.00 bits per heavy atom. The van der Waals surface area contributed by atoms with Crippen LogP contribution >= 0.6 is 11.6 Å². The summed E-state index contributed by atoms with van der Waals surface area (Å²) in [5.74, 6) is 1.20. The number of anilines is 1. The van der Waals surface area contributed by atoms with E-state index in [0.717, 1.165) is 17.1 Å². The number of benzene rings is 2. The van der Waals surface area contributed by atoms with Crippen molar-refractivity contribution in [2.75, 3.05) is 12.4 Å². The molecule has 0 aliphatic rings. The number of ether oxygens (including phenoxy) is 1. The van der Waals surface area contributed by atoms with Gasteiger partial charge in [-0.2, -0.15) is 0 Å². The third-order valence-electron chi connectivity index (χ3n) is 3.26. The van der Waals surface area contributed by atoms with Crippen molar-refractivity contribution in [1.82, 2.24) is 9.97 Å². The van der Waals surface area contributed by atoms with Crippen molar-refractivity contribution in [3.05, 3.63) is 52.8 Å². The standard InChI is InChI=1S/C16H14ClN3O2/c1-9-18-14-8-10(17)7-13(15(14)19-9)16(21)20-11-3-5-12(22-2)6-4-11/h3-8H,1-2H3,(H,18,19)(H,20,21). The molecule has 0 fully saturated rings. The fourth-order valence-corrected chi connectivity index (χ4v) is 2.47. The summed E-state index contributed by atoms with van der Waals surface area (Å²) in [6, 6.07) is 10.5. The van der Waals surface area contributed by atoms with Gasteiger partial charge in [0.1, 0.15) is 17.1 Å². The Morgan fingerprint density at radius 1 is 1.27 bits per heavy atom. The highest BCUT2D eigenvalue weighted by Gasteiger charge is 2.15. The van der Waals surface area contributed by atoms with Gasteiger partial charge in [0.15, 0.2) is 0 Å². The second-order valence-corrected chi connectivity index (χ2v) is 5.29. The molecule has 112 valence electrons. The van der Waals surface area contributed by atoms with E-state index >= 15 is 0 Å². The molecule has 0 aliphatic carbocycles. The van der Waals surface area contributed by atoms with Gasteiger partial charge in [-0.25, -0.2) is 4.98 Å². The van der Waals surface area contributed by atoms with Crippen LogP contribution in [0.2, 0.25) is 5.02 Å². The number of carbonyl (C=O) groups is 1. The predicted molar refractivity (Wildman–Crippen MR) is 86.8 cm³/mol. The lowest BCUT2D eigenvalue weighted by Crippen LogP contribution is -2.12. The number of aromatic amines is 1. The van der Waals surface area contributed by atoms with Crippen LogP contribution < -0.4 is 10.1 Å². The van der Waals surface area contributed by atoms with Crippen molar-refractivity contribution in [2.45, 2.75) is 6.92 Å². The van der Waals surface area contributed by atoms with Gasteiger partial charge in [-0.05, 0) is 43.3 Å². The Labute approximate surface area is 132 Å². The summed E-state index contributed by atoms with van der Waals surface area (Å²) in [6.07, 6.45) is 0. The minimum absolute atomic E-state index is 0.260. The molecule has 2 aromatic carbocycles. The van der Waals surface area contributed by atoms with Gasteiger partial charge in [0.25, 0.3) is 5.91 Å². The van der Waals surface area contributed by atoms with Crippen molar-refractivity contribution in [2.24, 2.45) is 0 Å². The summed E-state index contributed by atoms with van der Waals surface area (Å²) in [7, 11) is 1.59. The average molecular weight is 316 g/mol. The molecule has 0 bridgehead atoms. The molecule has 0 spiro atoms. The molecular weight excluding hydrogens is 302 g/mol. The van der Waals surface area contributed by atoms with Gasteiger partial charge >= 0.3 is 0 Å². The largest absolute Gasteiger partial charge is 0.497 e. The summed E-state index contributed by atoms with van der Waals surface area (Å²) in [4.78, 5) is 19.9. The number of aryl methyl sites for hydroxylation is 1. The Hall–Kier alpha value is -2.53. The van der Waals surface area contributed by atoms with Gasteiger partial charge < -0.3 is 15.0 Å². The summed E-state index contributed by atoms with van der Waals surface area (Å²) < 4.78 is 5.09. The number of H-pyrrole nitrogens is 1. The molecule has 1 aromatic heterocycles. The molecule has 0 unspecified atom stereocenters. The summed E-state index contributed by atoms with van der Waals surface area (Å²) in [5.41, 5.74) is 2.45. The maximum absolute atomic E-state index is 12.5. The van der Waals surface area contributed by atoms with Gasteiger partial charge in [0.2, 0.25) is 0 Å². The molecule has 1 amide bonds. The third-order valence-corrected chi connectivity index (χ3v) is 3.48. The normalized spacial score (nSPS) is 10.7. The maximum atomic E-state index is 12.5. The number of imidazole rings is 1. The van der Waals surface area contributed by atoms with E-state index in [2.05, 4.69) is 15.3 Å². The molecule has 5 nitrogen and oxygen atoms in total. The zero-order valence-corrected chi connectivity index (χ0v) is 12.9. The van der Waals surface area contributed by atoms with Crippen LogP contribution in [0.15, 0.2) is 36.4 Å². The van der Waals surface area contributed by atoms with Crippen molar-refractivity contribution in [1.29, 1.82) is 0 Å². The lowest BCUT2D eigenvalue weighted by molar-refractivity contribution is 0.102. The average Bonchev–Trinajstić information content (AvgIpc) is 2.87. The summed E-state index contributed by atoms with van der Waals surface area (Å²) >= 11 is 6.08. The molecule has 1 heterocycles. The van der Waals surface area contributed by atoms with Crippen LogP contribution in [0.3, 0.4) is 0 Å². The van der Waals surface area contributed by atoms with Crippen molar-refractivity contribution >= 4 is 34.2 Å². The monoisotopic (exact) mass is 315 g/mol. The van der Waals surface area contributed by atoms with Crippen LogP contribution in [0.25, 0.3) is 11.0 Å². The van der Waals surface area contributed by atoms with E-state index in [-0.39, 0.29) is 5.91 Å². The van der Waals surface area contributed by atoms with Gasteiger partial charge in [-0.3, -0.25) is 4.79 Å². The van der Waals surface area contributed by atoms with Crippen molar-refractivity contribution in [3.8, 4) is 5.75 Å². The number of hydrogen-bond acceptors (Lipinski definition) is 3. The van der Waals surface area contributed by atoms with Gasteiger partial charge in [-0.15, -0.1) is 0 Å². The number of halogens is 1. The Morgan fingerprint density at radius 3 is 2.68 bits per heavy atom. The van der Waals surface area contributed by atoms with Crippen LogP contribution in [0.1, 0.15) is 16.2 Å². The van der Waals surface area contributed by atoms with E-state index in [1.807, 2.05) is 6.92 Å². The molecule has 0 saturated carbocycles. The van der Waals surface area contributed by atoms with E-state index < -0.39 is 0 Å². The Bertz CT molecular complexity index is 840. The quantitative estimate of drug-likeness (QED) is 0.773. The molecule has 0 atom stereocenters. The van der Waals surface area contributed by atoms with E-state index in [1.165, 1.54) is 0 Å². The highest BCUT2D eigenvalue weighted by atomic mass is 35.5. The SMILES string of the molecule is COc1ccc(NC(=O)c2cc(Cl)cc3[nH]c(C)nc23)cc1. The lowest BCUT2D eigenvalue weighted by atomic mass is 10.1. The number of nitrogens with zero attached hydrogens (tertiary/aromatic N) is 1. The van der Waals surface area contributed by atoms with Crippen molar-refractivity contribution < 1.29 is 9.53 Å². The highest BCUT2D eigenvalue weighted by molar-refractivity contribution is 6.32. The molecular formula is C16H14ClN3O2. The third kappa shape index (κ3) is 2.76. The molecule has 3 rings (SSSR count). The van der Waals surface area contributed by atoms with Gasteiger partial charge in [0, 0.05) is 10.7 Å². The summed E-state index contributed by atoms with van der Waals surface area (Å²) in [5, 5.41) is 3.31. The second-order valence-electron chi connectivity index (χ2n) is 4.85. The van der Waals surface area contributed by atoms with E-state index in [0.29, 0.717) is 21.8 Å². The topological polar surface area (TPSA) is 67.0 Å². The fourth-order valence-electron chi connectivity index (χ4n) is 2.25. The number of hydrogen-bond donors (Lipinski definition) is 2.